The molecule has 1 aromatic heterocycles. The Labute approximate surface area is 138 Å². The van der Waals surface area contributed by atoms with E-state index in [4.69, 9.17) is 34.8 Å². The van der Waals surface area contributed by atoms with Gasteiger partial charge < -0.3 is 4.57 Å². The minimum absolute atomic E-state index is 0.196. The van der Waals surface area contributed by atoms with E-state index in [2.05, 4.69) is 9.55 Å². The van der Waals surface area contributed by atoms with Crippen LogP contribution < -0.4 is 0 Å². The van der Waals surface area contributed by atoms with Gasteiger partial charge in [0.15, 0.2) is 0 Å². The zero-order valence-electron chi connectivity index (χ0n) is 11.4. The Bertz CT molecular complexity index is 793. The normalized spacial score (nSPS) is 12.8. The van der Waals surface area contributed by atoms with Gasteiger partial charge in [-0.15, -0.1) is 11.6 Å². The van der Waals surface area contributed by atoms with Crippen molar-refractivity contribution in [1.82, 2.24) is 9.55 Å². The molecule has 0 radical (unpaired) electrons. The lowest BCUT2D eigenvalue weighted by atomic mass is 10.2. The van der Waals surface area contributed by atoms with Crippen LogP contribution in [0.1, 0.15) is 23.7 Å². The van der Waals surface area contributed by atoms with Crippen LogP contribution in [0, 0.1) is 0 Å². The Morgan fingerprint density at radius 3 is 2.62 bits per heavy atom. The average Bonchev–Trinajstić information content (AvgIpc) is 2.79. The number of benzene rings is 2. The maximum absolute atomic E-state index is 6.28. The first-order valence-corrected chi connectivity index (χ1v) is 7.78. The Morgan fingerprint density at radius 2 is 1.90 bits per heavy atom. The summed E-state index contributed by atoms with van der Waals surface area (Å²) >= 11 is 18.6. The van der Waals surface area contributed by atoms with Gasteiger partial charge in [-0.25, -0.2) is 4.98 Å². The van der Waals surface area contributed by atoms with Gasteiger partial charge in [-0.3, -0.25) is 0 Å². The van der Waals surface area contributed by atoms with E-state index in [0.717, 1.165) is 27.4 Å². The SMILES string of the molecule is CC(Cl)c1nc2cc(Cl)ccc2n1Cc1ccccc1Cl. The molecule has 1 heterocycles. The molecule has 2 nitrogen and oxygen atoms in total. The number of fused-ring (bicyclic) bond motifs is 1. The van der Waals surface area contributed by atoms with Crippen molar-refractivity contribution in [2.45, 2.75) is 18.8 Å². The van der Waals surface area contributed by atoms with Gasteiger partial charge in [0.2, 0.25) is 0 Å². The fraction of sp³-hybridized carbons (Fsp3) is 0.188. The molecule has 0 saturated heterocycles. The minimum atomic E-state index is -0.196. The monoisotopic (exact) mass is 338 g/mol. The second kappa shape index (κ2) is 5.88. The van der Waals surface area contributed by atoms with E-state index in [1.165, 1.54) is 0 Å². The van der Waals surface area contributed by atoms with Crippen molar-refractivity contribution in [1.29, 1.82) is 0 Å². The number of imidazole rings is 1. The van der Waals surface area contributed by atoms with Gasteiger partial charge in [0.25, 0.3) is 0 Å². The molecule has 3 aromatic rings. The van der Waals surface area contributed by atoms with Gasteiger partial charge in [-0.05, 0) is 36.8 Å². The van der Waals surface area contributed by atoms with E-state index < -0.39 is 0 Å². The van der Waals surface area contributed by atoms with Crippen molar-refractivity contribution in [2.24, 2.45) is 0 Å². The molecule has 0 bridgehead atoms. The third-order valence-electron chi connectivity index (χ3n) is 3.38. The van der Waals surface area contributed by atoms with Crippen molar-refractivity contribution in [3.63, 3.8) is 0 Å². The zero-order valence-corrected chi connectivity index (χ0v) is 13.6. The summed E-state index contributed by atoms with van der Waals surface area (Å²) in [6.45, 7) is 2.54. The summed E-state index contributed by atoms with van der Waals surface area (Å²) in [7, 11) is 0. The molecule has 0 amide bonds. The van der Waals surface area contributed by atoms with E-state index >= 15 is 0 Å². The van der Waals surface area contributed by atoms with Crippen molar-refractivity contribution >= 4 is 45.8 Å². The fourth-order valence-electron chi connectivity index (χ4n) is 2.39. The first-order chi connectivity index (χ1) is 10.1. The quantitative estimate of drug-likeness (QED) is 0.560. The lowest BCUT2D eigenvalue weighted by molar-refractivity contribution is 0.743. The first kappa shape index (κ1) is 14.7. The molecule has 0 aliphatic heterocycles. The highest BCUT2D eigenvalue weighted by molar-refractivity contribution is 6.31. The van der Waals surface area contributed by atoms with E-state index in [9.17, 15) is 0 Å². The molecule has 2 aromatic carbocycles. The molecule has 0 aliphatic carbocycles. The predicted octanol–water partition coefficient (Wildman–Crippen LogP) is 5.69. The summed E-state index contributed by atoms with van der Waals surface area (Å²) in [4.78, 5) is 4.60. The molecular formula is C16H13Cl3N2. The van der Waals surface area contributed by atoms with Crippen LogP contribution in [-0.2, 0) is 6.54 Å². The van der Waals surface area contributed by atoms with Crippen molar-refractivity contribution < 1.29 is 0 Å². The zero-order chi connectivity index (χ0) is 15.0. The highest BCUT2D eigenvalue weighted by atomic mass is 35.5. The van der Waals surface area contributed by atoms with E-state index in [-0.39, 0.29) is 5.38 Å². The second-order valence-electron chi connectivity index (χ2n) is 4.90. The number of rotatable bonds is 3. The van der Waals surface area contributed by atoms with Gasteiger partial charge in [0, 0.05) is 10.0 Å². The number of alkyl halides is 1. The van der Waals surface area contributed by atoms with Gasteiger partial charge in [0.05, 0.1) is 23.0 Å². The van der Waals surface area contributed by atoms with Crippen LogP contribution in [0.25, 0.3) is 11.0 Å². The third kappa shape index (κ3) is 2.89. The molecule has 5 heteroatoms. The molecule has 1 atom stereocenters. The maximum Gasteiger partial charge on any atom is 0.128 e. The van der Waals surface area contributed by atoms with Crippen LogP contribution in [0.2, 0.25) is 10.0 Å². The van der Waals surface area contributed by atoms with Crippen molar-refractivity contribution in [3.05, 3.63) is 63.9 Å². The highest BCUT2D eigenvalue weighted by Gasteiger charge is 2.16. The largest absolute Gasteiger partial charge is 0.322 e. The second-order valence-corrected chi connectivity index (χ2v) is 6.39. The molecule has 108 valence electrons. The Morgan fingerprint density at radius 1 is 1.14 bits per heavy atom. The first-order valence-electron chi connectivity index (χ1n) is 6.59. The van der Waals surface area contributed by atoms with Gasteiger partial charge in [-0.1, -0.05) is 41.4 Å². The van der Waals surface area contributed by atoms with Crippen LogP contribution in [-0.4, -0.2) is 9.55 Å². The van der Waals surface area contributed by atoms with Crippen LogP contribution in [0.5, 0.6) is 0 Å². The predicted molar refractivity (Wildman–Crippen MR) is 89.6 cm³/mol. The molecule has 0 fully saturated rings. The van der Waals surface area contributed by atoms with E-state index in [1.807, 2.05) is 49.4 Å². The smallest absolute Gasteiger partial charge is 0.128 e. The molecule has 21 heavy (non-hydrogen) atoms. The Hall–Kier alpha value is -1.22. The fourth-order valence-corrected chi connectivity index (χ4v) is 2.92. The van der Waals surface area contributed by atoms with Crippen molar-refractivity contribution in [2.75, 3.05) is 0 Å². The summed E-state index contributed by atoms with van der Waals surface area (Å²) in [6, 6.07) is 13.5. The van der Waals surface area contributed by atoms with Crippen LogP contribution in [0.3, 0.4) is 0 Å². The molecule has 0 saturated carbocycles. The van der Waals surface area contributed by atoms with Gasteiger partial charge in [0.1, 0.15) is 5.82 Å². The van der Waals surface area contributed by atoms with Gasteiger partial charge >= 0.3 is 0 Å². The summed E-state index contributed by atoms with van der Waals surface area (Å²) in [6.07, 6.45) is 0. The summed E-state index contributed by atoms with van der Waals surface area (Å²) in [5.41, 5.74) is 2.88. The number of halogens is 3. The highest BCUT2D eigenvalue weighted by Crippen LogP contribution is 2.28. The number of hydrogen-bond donors (Lipinski definition) is 0. The lowest BCUT2D eigenvalue weighted by Gasteiger charge is -2.11. The van der Waals surface area contributed by atoms with E-state index in [1.54, 1.807) is 0 Å². The molecule has 3 rings (SSSR count). The number of nitrogens with zero attached hydrogens (tertiary/aromatic N) is 2. The van der Waals surface area contributed by atoms with Gasteiger partial charge in [-0.2, -0.15) is 0 Å². The van der Waals surface area contributed by atoms with Crippen LogP contribution >= 0.6 is 34.8 Å². The molecule has 0 aliphatic rings. The topological polar surface area (TPSA) is 17.8 Å². The number of aromatic nitrogens is 2. The standard InChI is InChI=1S/C16H13Cl3N2/c1-10(17)16-20-14-8-12(18)6-7-15(14)21(16)9-11-4-2-3-5-13(11)19/h2-8,10H,9H2,1H3. The third-order valence-corrected chi connectivity index (χ3v) is 4.18. The molecule has 0 spiro atoms. The van der Waals surface area contributed by atoms with Crippen LogP contribution in [0.4, 0.5) is 0 Å². The summed E-state index contributed by atoms with van der Waals surface area (Å²) in [5.74, 6) is 0.814. The lowest BCUT2D eigenvalue weighted by Crippen LogP contribution is -2.06. The molecule has 0 N–H and O–H groups in total. The van der Waals surface area contributed by atoms with Crippen LogP contribution in [0.15, 0.2) is 42.5 Å². The maximum atomic E-state index is 6.28. The Kier molecular flexibility index (Phi) is 4.12. The molecular weight excluding hydrogens is 327 g/mol. The van der Waals surface area contributed by atoms with E-state index in [0.29, 0.717) is 11.6 Å². The number of hydrogen-bond acceptors (Lipinski definition) is 1. The summed E-state index contributed by atoms with van der Waals surface area (Å²) in [5, 5.41) is 1.21. The Balaban J connectivity index is 2.16. The summed E-state index contributed by atoms with van der Waals surface area (Å²) < 4.78 is 2.09. The van der Waals surface area contributed by atoms with Crippen molar-refractivity contribution in [3.8, 4) is 0 Å². The average molecular weight is 340 g/mol. The molecule has 1 unspecified atom stereocenters. The minimum Gasteiger partial charge on any atom is -0.322 e.